The third kappa shape index (κ3) is 5.72. The van der Waals surface area contributed by atoms with Gasteiger partial charge >= 0.3 is 0 Å². The standard InChI is InChI=1S/C22H22ClN3O2/c1-28-21-8-4-16(5-9-21)10-11-25-22(27)18-12-20(15-24-14-18)26-13-17-2-6-19(23)7-3-17/h2-9,12,14-15,26H,10-11,13H2,1H3,(H,25,27). The average molecular weight is 396 g/mol. The zero-order chi connectivity index (χ0) is 19.8. The molecule has 1 aromatic heterocycles. The van der Waals surface area contributed by atoms with Gasteiger partial charge in [0.2, 0.25) is 0 Å². The van der Waals surface area contributed by atoms with Gasteiger partial charge in [-0.05, 0) is 47.9 Å². The lowest BCUT2D eigenvalue weighted by molar-refractivity contribution is 0.0954. The lowest BCUT2D eigenvalue weighted by Gasteiger charge is -2.09. The second kappa shape index (κ2) is 9.76. The molecule has 0 unspecified atom stereocenters. The van der Waals surface area contributed by atoms with Crippen LogP contribution in [0.15, 0.2) is 67.0 Å². The molecule has 0 aliphatic rings. The van der Waals surface area contributed by atoms with Gasteiger partial charge in [0.05, 0.1) is 18.4 Å². The number of carbonyl (C=O) groups excluding carboxylic acids is 1. The number of anilines is 1. The summed E-state index contributed by atoms with van der Waals surface area (Å²) in [5.74, 6) is 0.679. The van der Waals surface area contributed by atoms with Gasteiger partial charge < -0.3 is 15.4 Å². The quantitative estimate of drug-likeness (QED) is 0.596. The van der Waals surface area contributed by atoms with Gasteiger partial charge in [-0.1, -0.05) is 35.9 Å². The first-order valence-electron chi connectivity index (χ1n) is 8.98. The van der Waals surface area contributed by atoms with E-state index in [0.29, 0.717) is 23.7 Å². The highest BCUT2D eigenvalue weighted by atomic mass is 35.5. The van der Waals surface area contributed by atoms with Crippen LogP contribution in [0.1, 0.15) is 21.5 Å². The number of ether oxygens (including phenoxy) is 1. The first-order valence-corrected chi connectivity index (χ1v) is 9.36. The minimum absolute atomic E-state index is 0.142. The van der Waals surface area contributed by atoms with Crippen molar-refractivity contribution in [1.82, 2.24) is 10.3 Å². The van der Waals surface area contributed by atoms with Crippen LogP contribution in [0.3, 0.4) is 0 Å². The minimum atomic E-state index is -0.142. The topological polar surface area (TPSA) is 63.2 Å². The van der Waals surface area contributed by atoms with Gasteiger partial charge in [-0.25, -0.2) is 0 Å². The zero-order valence-corrected chi connectivity index (χ0v) is 16.4. The van der Waals surface area contributed by atoms with Crippen LogP contribution in [0.25, 0.3) is 0 Å². The largest absolute Gasteiger partial charge is 0.497 e. The molecule has 0 atom stereocenters. The molecule has 0 saturated heterocycles. The first-order chi connectivity index (χ1) is 13.6. The van der Waals surface area contributed by atoms with E-state index >= 15 is 0 Å². The number of carbonyl (C=O) groups is 1. The predicted molar refractivity (Wildman–Crippen MR) is 112 cm³/mol. The molecule has 5 nitrogen and oxygen atoms in total. The molecule has 0 bridgehead atoms. The van der Waals surface area contributed by atoms with Crippen molar-refractivity contribution in [3.63, 3.8) is 0 Å². The van der Waals surface area contributed by atoms with Crippen LogP contribution >= 0.6 is 11.6 Å². The highest BCUT2D eigenvalue weighted by Crippen LogP contribution is 2.14. The number of halogens is 1. The normalized spacial score (nSPS) is 10.4. The number of aromatic nitrogens is 1. The molecule has 0 saturated carbocycles. The Morgan fingerprint density at radius 2 is 1.75 bits per heavy atom. The van der Waals surface area contributed by atoms with Crippen molar-refractivity contribution in [2.45, 2.75) is 13.0 Å². The molecule has 2 N–H and O–H groups in total. The van der Waals surface area contributed by atoms with Gasteiger partial charge in [-0.2, -0.15) is 0 Å². The van der Waals surface area contributed by atoms with E-state index in [9.17, 15) is 4.79 Å². The van der Waals surface area contributed by atoms with E-state index < -0.39 is 0 Å². The summed E-state index contributed by atoms with van der Waals surface area (Å²) in [5, 5.41) is 6.91. The first kappa shape index (κ1) is 19.7. The van der Waals surface area contributed by atoms with Crippen molar-refractivity contribution >= 4 is 23.2 Å². The van der Waals surface area contributed by atoms with Crippen LogP contribution in [-0.4, -0.2) is 24.5 Å². The van der Waals surface area contributed by atoms with Crippen molar-refractivity contribution in [1.29, 1.82) is 0 Å². The van der Waals surface area contributed by atoms with E-state index in [2.05, 4.69) is 15.6 Å². The fourth-order valence-corrected chi connectivity index (χ4v) is 2.81. The molecule has 2 aromatic carbocycles. The summed E-state index contributed by atoms with van der Waals surface area (Å²) in [7, 11) is 1.64. The van der Waals surface area contributed by atoms with Crippen molar-refractivity contribution < 1.29 is 9.53 Å². The maximum Gasteiger partial charge on any atom is 0.252 e. The number of nitrogens with one attached hydrogen (secondary N) is 2. The van der Waals surface area contributed by atoms with Gasteiger partial charge in [0.15, 0.2) is 0 Å². The summed E-state index contributed by atoms with van der Waals surface area (Å²) in [5.41, 5.74) is 3.55. The lowest BCUT2D eigenvalue weighted by atomic mass is 10.1. The molecule has 3 aromatic rings. The third-order valence-corrected chi connectivity index (χ3v) is 4.52. The summed E-state index contributed by atoms with van der Waals surface area (Å²) in [6.07, 6.45) is 4.01. The maximum absolute atomic E-state index is 12.4. The van der Waals surface area contributed by atoms with Gasteiger partial charge in [0.1, 0.15) is 5.75 Å². The Labute approximate surface area is 169 Å². The molecule has 0 aliphatic heterocycles. The zero-order valence-electron chi connectivity index (χ0n) is 15.6. The lowest BCUT2D eigenvalue weighted by Crippen LogP contribution is -2.25. The van der Waals surface area contributed by atoms with E-state index in [0.717, 1.165) is 29.0 Å². The Hall–Kier alpha value is -3.05. The Kier molecular flexibility index (Phi) is 6.87. The molecule has 0 radical (unpaired) electrons. The summed E-state index contributed by atoms with van der Waals surface area (Å²) >= 11 is 5.90. The number of pyridine rings is 1. The Morgan fingerprint density at radius 3 is 2.46 bits per heavy atom. The number of methoxy groups -OCH3 is 1. The van der Waals surface area contributed by atoms with Gasteiger partial charge in [0.25, 0.3) is 5.91 Å². The Balaban J connectivity index is 1.50. The highest BCUT2D eigenvalue weighted by Gasteiger charge is 2.07. The number of amides is 1. The fourth-order valence-electron chi connectivity index (χ4n) is 2.68. The molecule has 28 heavy (non-hydrogen) atoms. The van der Waals surface area contributed by atoms with E-state index in [4.69, 9.17) is 16.3 Å². The van der Waals surface area contributed by atoms with E-state index in [1.165, 1.54) is 0 Å². The molecule has 6 heteroatoms. The van der Waals surface area contributed by atoms with Gasteiger partial charge in [0, 0.05) is 30.5 Å². The maximum atomic E-state index is 12.4. The number of rotatable bonds is 8. The molecule has 1 heterocycles. The molecular weight excluding hydrogens is 374 g/mol. The molecule has 3 rings (SSSR count). The van der Waals surface area contributed by atoms with Crippen LogP contribution in [0, 0.1) is 0 Å². The van der Waals surface area contributed by atoms with E-state index in [1.54, 1.807) is 25.6 Å². The van der Waals surface area contributed by atoms with E-state index in [-0.39, 0.29) is 5.91 Å². The van der Waals surface area contributed by atoms with Crippen molar-refractivity contribution in [2.24, 2.45) is 0 Å². The number of hydrogen-bond acceptors (Lipinski definition) is 4. The van der Waals surface area contributed by atoms with Crippen molar-refractivity contribution in [2.75, 3.05) is 19.0 Å². The summed E-state index contributed by atoms with van der Waals surface area (Å²) in [6, 6.07) is 17.2. The number of nitrogens with zero attached hydrogens (tertiary/aromatic N) is 1. The van der Waals surface area contributed by atoms with Gasteiger partial charge in [-0.3, -0.25) is 9.78 Å². The number of benzene rings is 2. The molecule has 0 spiro atoms. The Morgan fingerprint density at radius 1 is 1.04 bits per heavy atom. The van der Waals surface area contributed by atoms with Crippen LogP contribution in [0.2, 0.25) is 5.02 Å². The molecule has 0 fully saturated rings. The molecular formula is C22H22ClN3O2. The Bertz CT molecular complexity index is 912. The fraction of sp³-hybridized carbons (Fsp3) is 0.182. The van der Waals surface area contributed by atoms with Crippen LogP contribution in [0.4, 0.5) is 5.69 Å². The second-order valence-corrected chi connectivity index (χ2v) is 6.73. The predicted octanol–water partition coefficient (Wildman–Crippen LogP) is 4.33. The molecule has 1 amide bonds. The van der Waals surface area contributed by atoms with Crippen LogP contribution in [0.5, 0.6) is 5.75 Å². The van der Waals surface area contributed by atoms with Gasteiger partial charge in [-0.15, -0.1) is 0 Å². The molecule has 0 aliphatic carbocycles. The van der Waals surface area contributed by atoms with E-state index in [1.807, 2.05) is 48.5 Å². The van der Waals surface area contributed by atoms with Crippen molar-refractivity contribution in [3.8, 4) is 5.75 Å². The second-order valence-electron chi connectivity index (χ2n) is 6.30. The molecule has 144 valence electrons. The average Bonchev–Trinajstić information content (AvgIpc) is 2.74. The number of hydrogen-bond donors (Lipinski definition) is 2. The van der Waals surface area contributed by atoms with Crippen LogP contribution < -0.4 is 15.4 Å². The minimum Gasteiger partial charge on any atom is -0.497 e. The summed E-state index contributed by atoms with van der Waals surface area (Å²) < 4.78 is 5.15. The monoisotopic (exact) mass is 395 g/mol. The van der Waals surface area contributed by atoms with Crippen molar-refractivity contribution in [3.05, 3.63) is 88.7 Å². The summed E-state index contributed by atoms with van der Waals surface area (Å²) in [6.45, 7) is 1.18. The van der Waals surface area contributed by atoms with Crippen LogP contribution in [-0.2, 0) is 13.0 Å². The summed E-state index contributed by atoms with van der Waals surface area (Å²) in [4.78, 5) is 16.5. The smallest absolute Gasteiger partial charge is 0.252 e. The highest BCUT2D eigenvalue weighted by molar-refractivity contribution is 6.30. The SMILES string of the molecule is COc1ccc(CCNC(=O)c2cncc(NCc3ccc(Cl)cc3)c2)cc1. The third-order valence-electron chi connectivity index (χ3n) is 4.27.